The summed E-state index contributed by atoms with van der Waals surface area (Å²) in [5.74, 6) is 0.745. The molecule has 162 valence electrons. The molecule has 0 aliphatic carbocycles. The van der Waals surface area contributed by atoms with Gasteiger partial charge in [-0.05, 0) is 86.0 Å². The van der Waals surface area contributed by atoms with E-state index in [0.29, 0.717) is 11.1 Å². The fourth-order valence-electron chi connectivity index (χ4n) is 2.78. The predicted octanol–water partition coefficient (Wildman–Crippen LogP) is 6.01. The van der Waals surface area contributed by atoms with E-state index in [2.05, 4.69) is 15.6 Å². The number of aliphatic imine (C=N–C) groups is 1. The van der Waals surface area contributed by atoms with Crippen molar-refractivity contribution in [1.82, 2.24) is 0 Å². The van der Waals surface area contributed by atoms with E-state index in [0.717, 1.165) is 22.3 Å². The van der Waals surface area contributed by atoms with Gasteiger partial charge < -0.3 is 14.8 Å². The van der Waals surface area contributed by atoms with Crippen LogP contribution in [0.4, 0.5) is 4.39 Å². The number of aliphatic hydroxyl groups is 1. The van der Waals surface area contributed by atoms with Crippen molar-refractivity contribution in [3.05, 3.63) is 70.6 Å². The summed E-state index contributed by atoms with van der Waals surface area (Å²) in [5.41, 5.74) is 4.02. The number of hydrogen-bond acceptors (Lipinski definition) is 4. The lowest BCUT2D eigenvalue weighted by Gasteiger charge is -2.14. The van der Waals surface area contributed by atoms with E-state index < -0.39 is 5.97 Å². The molecule has 0 heterocycles. The number of aliphatic hydroxyl groups excluding tert-OH is 1. The quantitative estimate of drug-likeness (QED) is 0.216. The Morgan fingerprint density at radius 1 is 1.16 bits per heavy atom. The number of rotatable bonds is 4. The van der Waals surface area contributed by atoms with Crippen LogP contribution >= 0.6 is 0 Å². The van der Waals surface area contributed by atoms with Crippen molar-refractivity contribution in [1.29, 1.82) is 0 Å². The Balaban J connectivity index is 0.00000110. The number of nitrogens with zero attached hydrogens (tertiary/aromatic N) is 1. The second-order valence-corrected chi connectivity index (χ2v) is 6.63. The highest BCUT2D eigenvalue weighted by Crippen LogP contribution is 2.32. The average Bonchev–Trinajstić information content (AvgIpc) is 2.77. The van der Waals surface area contributed by atoms with Crippen LogP contribution in [0.15, 0.2) is 53.0 Å². The normalized spacial score (nSPS) is 11.9. The van der Waals surface area contributed by atoms with Gasteiger partial charge in [-0.15, -0.1) is 6.42 Å². The molecule has 0 aliphatic rings. The Morgan fingerprint density at radius 3 is 2.29 bits per heavy atom. The van der Waals surface area contributed by atoms with Crippen LogP contribution in [0.2, 0.25) is 0 Å². The lowest BCUT2D eigenvalue weighted by Crippen LogP contribution is -2.07. The molecule has 0 aliphatic heterocycles. The SMILES string of the molecule is C#C/C(C(=O)OC)=C(/O)c1ccc(-c2cc(C)cc(F)c2)cc1/C(C)=C\C.CC=NC. The van der Waals surface area contributed by atoms with Gasteiger partial charge in [-0.2, -0.15) is 0 Å². The topological polar surface area (TPSA) is 58.9 Å². The maximum atomic E-state index is 13.8. The van der Waals surface area contributed by atoms with Crippen LogP contribution < -0.4 is 0 Å². The predicted molar refractivity (Wildman–Crippen MR) is 126 cm³/mol. The summed E-state index contributed by atoms with van der Waals surface area (Å²) in [6, 6.07) is 10.0. The number of ether oxygens (including phenoxy) is 1. The fraction of sp³-hybridized carbons (Fsp3) is 0.231. The lowest BCUT2D eigenvalue weighted by molar-refractivity contribution is -0.135. The smallest absolute Gasteiger partial charge is 0.350 e. The van der Waals surface area contributed by atoms with E-state index in [1.807, 2.05) is 45.9 Å². The number of allylic oxidation sites excluding steroid dienone is 2. The molecule has 0 amide bonds. The molecule has 5 heteroatoms. The summed E-state index contributed by atoms with van der Waals surface area (Å²) < 4.78 is 18.4. The van der Waals surface area contributed by atoms with E-state index >= 15 is 0 Å². The van der Waals surface area contributed by atoms with E-state index in [4.69, 9.17) is 6.42 Å². The van der Waals surface area contributed by atoms with Gasteiger partial charge in [0, 0.05) is 12.6 Å². The molecule has 1 N–H and O–H groups in total. The number of hydrogen-bond donors (Lipinski definition) is 1. The Morgan fingerprint density at radius 2 is 1.81 bits per heavy atom. The van der Waals surface area contributed by atoms with Crippen molar-refractivity contribution in [2.24, 2.45) is 4.99 Å². The van der Waals surface area contributed by atoms with Gasteiger partial charge in [0.05, 0.1) is 7.11 Å². The molecule has 0 saturated heterocycles. The fourth-order valence-corrected chi connectivity index (χ4v) is 2.78. The summed E-state index contributed by atoms with van der Waals surface area (Å²) in [6.45, 7) is 7.45. The number of methoxy groups -OCH3 is 1. The summed E-state index contributed by atoms with van der Waals surface area (Å²) in [5, 5.41) is 10.6. The average molecular weight is 422 g/mol. The van der Waals surface area contributed by atoms with Crippen molar-refractivity contribution >= 4 is 23.5 Å². The second-order valence-electron chi connectivity index (χ2n) is 6.63. The van der Waals surface area contributed by atoms with Crippen molar-refractivity contribution in [3.8, 4) is 23.5 Å². The third kappa shape index (κ3) is 6.68. The Kier molecular flexibility index (Phi) is 9.94. The molecule has 2 aromatic rings. The van der Waals surface area contributed by atoms with Gasteiger partial charge in [0.15, 0.2) is 5.57 Å². The molecular weight excluding hydrogens is 393 g/mol. The van der Waals surface area contributed by atoms with E-state index in [-0.39, 0.29) is 17.1 Å². The van der Waals surface area contributed by atoms with Gasteiger partial charge in [-0.1, -0.05) is 24.1 Å². The van der Waals surface area contributed by atoms with Crippen LogP contribution in [-0.4, -0.2) is 31.4 Å². The number of halogens is 1. The summed E-state index contributed by atoms with van der Waals surface area (Å²) in [7, 11) is 2.94. The van der Waals surface area contributed by atoms with Crippen LogP contribution in [0.1, 0.15) is 37.5 Å². The molecule has 0 spiro atoms. The third-order valence-electron chi connectivity index (χ3n) is 4.54. The van der Waals surface area contributed by atoms with Gasteiger partial charge in [0.2, 0.25) is 0 Å². The zero-order valence-corrected chi connectivity index (χ0v) is 18.8. The summed E-state index contributed by atoms with van der Waals surface area (Å²) in [6.07, 6.45) is 9.00. The van der Waals surface area contributed by atoms with Crippen LogP contribution in [0.5, 0.6) is 0 Å². The number of aryl methyl sites for hydroxylation is 1. The molecule has 0 saturated carbocycles. The van der Waals surface area contributed by atoms with Gasteiger partial charge in [0.25, 0.3) is 0 Å². The molecule has 0 radical (unpaired) electrons. The zero-order chi connectivity index (χ0) is 23.6. The first-order valence-corrected chi connectivity index (χ1v) is 9.64. The molecular formula is C26H28FNO3. The van der Waals surface area contributed by atoms with E-state index in [1.165, 1.54) is 19.2 Å². The van der Waals surface area contributed by atoms with Gasteiger partial charge >= 0.3 is 5.97 Å². The van der Waals surface area contributed by atoms with Crippen molar-refractivity contribution in [2.75, 3.05) is 14.2 Å². The molecule has 0 fully saturated rings. The largest absolute Gasteiger partial charge is 0.506 e. The van der Waals surface area contributed by atoms with Crippen molar-refractivity contribution in [2.45, 2.75) is 27.7 Å². The molecule has 2 rings (SSSR count). The highest BCUT2D eigenvalue weighted by Gasteiger charge is 2.19. The molecule has 0 bridgehead atoms. The lowest BCUT2D eigenvalue weighted by atomic mass is 9.92. The Bertz CT molecular complexity index is 1050. The Labute approximate surface area is 183 Å². The molecule has 4 nitrogen and oxygen atoms in total. The number of benzene rings is 2. The van der Waals surface area contributed by atoms with Gasteiger partial charge in [-0.3, -0.25) is 0 Å². The minimum Gasteiger partial charge on any atom is -0.506 e. The molecule has 0 aromatic heterocycles. The number of carbonyl (C=O) groups excluding carboxylic acids is 1. The van der Waals surface area contributed by atoms with Crippen LogP contribution in [0.3, 0.4) is 0 Å². The minimum absolute atomic E-state index is 0.253. The second kappa shape index (κ2) is 12.1. The molecule has 31 heavy (non-hydrogen) atoms. The zero-order valence-electron chi connectivity index (χ0n) is 18.8. The highest BCUT2D eigenvalue weighted by atomic mass is 19.1. The molecule has 2 aromatic carbocycles. The first kappa shape index (κ1) is 25.4. The van der Waals surface area contributed by atoms with E-state index in [9.17, 15) is 14.3 Å². The maximum Gasteiger partial charge on any atom is 0.350 e. The Hall–Kier alpha value is -3.65. The standard InChI is InChI=1S/C23H21FO3.C3H7N/c1-6-15(4)21-13-16(17-10-14(3)11-18(24)12-17)8-9-20(21)22(25)19(7-2)23(26)27-5;1-3-4-2/h2,6,8-13,25H,1,3-5H3;3H,1-2H3/b15-6-,22-19-;. The monoisotopic (exact) mass is 421 g/mol. The number of terminal acetylenes is 1. The highest BCUT2D eigenvalue weighted by molar-refractivity contribution is 6.01. The van der Waals surface area contributed by atoms with Crippen molar-refractivity contribution < 1.29 is 19.0 Å². The van der Waals surface area contributed by atoms with Gasteiger partial charge in [-0.25, -0.2) is 9.18 Å². The van der Waals surface area contributed by atoms with Crippen LogP contribution in [-0.2, 0) is 9.53 Å². The van der Waals surface area contributed by atoms with E-state index in [1.54, 1.807) is 25.4 Å². The molecule has 0 atom stereocenters. The number of esters is 1. The van der Waals surface area contributed by atoms with Crippen LogP contribution in [0.25, 0.3) is 22.5 Å². The van der Waals surface area contributed by atoms with Crippen LogP contribution in [0, 0.1) is 25.1 Å². The minimum atomic E-state index is -0.788. The maximum absolute atomic E-state index is 13.8. The molecule has 0 unspecified atom stereocenters. The first-order chi connectivity index (χ1) is 14.7. The van der Waals surface area contributed by atoms with Crippen molar-refractivity contribution in [3.63, 3.8) is 0 Å². The van der Waals surface area contributed by atoms with Gasteiger partial charge in [0.1, 0.15) is 11.6 Å². The number of carbonyl (C=O) groups is 1. The summed E-state index contributed by atoms with van der Waals surface area (Å²) in [4.78, 5) is 15.4. The summed E-state index contributed by atoms with van der Waals surface area (Å²) >= 11 is 0. The first-order valence-electron chi connectivity index (χ1n) is 9.64. The third-order valence-corrected chi connectivity index (χ3v) is 4.54.